The van der Waals surface area contributed by atoms with E-state index in [2.05, 4.69) is 90.9 Å². The summed E-state index contributed by atoms with van der Waals surface area (Å²) in [6.45, 7) is 24.2. The molecule has 0 radical (unpaired) electrons. The second kappa shape index (κ2) is 11.8. The van der Waals surface area contributed by atoms with Gasteiger partial charge in [-0.15, -0.1) is 5.10 Å². The highest BCUT2D eigenvalue weighted by Gasteiger charge is 2.72. The van der Waals surface area contributed by atoms with Crippen LogP contribution in [0.3, 0.4) is 0 Å². The van der Waals surface area contributed by atoms with Crippen molar-refractivity contribution >= 4 is 11.9 Å². The topological polar surface area (TPSA) is 137 Å². The van der Waals surface area contributed by atoms with E-state index in [9.17, 15) is 9.90 Å². The molecule has 0 aromatic carbocycles. The molecule has 2 heterocycles. The zero-order chi connectivity index (χ0) is 35.2. The molecule has 0 spiro atoms. The molecule has 4 N–H and O–H groups in total. The number of carboxylic acid groups (broad SMARTS) is 1. The number of hydrogen-bond acceptors (Lipinski definition) is 8. The molecule has 1 aliphatic heterocycles. The Kier molecular flexibility index (Phi) is 8.76. The molecular weight excluding hydrogens is 604 g/mol. The summed E-state index contributed by atoms with van der Waals surface area (Å²) in [6, 6.07) is -0.151. The number of carbonyl (C=O) groups is 1. The molecule has 4 aliphatic carbocycles. The molecule has 3 saturated carbocycles. The number of ether oxygens (including phenoxy) is 2. The van der Waals surface area contributed by atoms with E-state index in [1.807, 2.05) is 7.05 Å². The van der Waals surface area contributed by atoms with Gasteiger partial charge in [-0.25, -0.2) is 0 Å². The molecule has 3 unspecified atom stereocenters. The lowest BCUT2D eigenvalue weighted by Gasteiger charge is -2.71. The zero-order valence-corrected chi connectivity index (χ0v) is 31.6. The normalized spacial score (nSPS) is 44.2. The fraction of sp³-hybridized carbons (Fsp3) is 0.895. The number of aliphatic carboxylic acids is 1. The van der Waals surface area contributed by atoms with E-state index >= 15 is 0 Å². The van der Waals surface area contributed by atoms with Crippen molar-refractivity contribution in [2.45, 2.75) is 125 Å². The highest BCUT2D eigenvalue weighted by atomic mass is 16.5. The fourth-order valence-electron chi connectivity index (χ4n) is 12.0. The number of nitrogens with zero attached hydrogens (tertiary/aromatic N) is 4. The monoisotopic (exact) mass is 668 g/mol. The van der Waals surface area contributed by atoms with E-state index in [-0.39, 0.29) is 45.1 Å². The number of anilines is 1. The van der Waals surface area contributed by atoms with Crippen LogP contribution in [-0.2, 0) is 14.3 Å². The summed E-state index contributed by atoms with van der Waals surface area (Å²) < 4.78 is 13.7. The van der Waals surface area contributed by atoms with Crippen molar-refractivity contribution < 1.29 is 19.4 Å². The lowest BCUT2D eigenvalue weighted by molar-refractivity contribution is -0.253. The number of fused-ring (bicyclic) bond motifs is 3. The first-order valence-electron chi connectivity index (χ1n) is 18.7. The second-order valence-corrected chi connectivity index (χ2v) is 18.7. The van der Waals surface area contributed by atoms with Crippen LogP contribution in [0.5, 0.6) is 0 Å². The van der Waals surface area contributed by atoms with Gasteiger partial charge in [-0.1, -0.05) is 79.1 Å². The van der Waals surface area contributed by atoms with Gasteiger partial charge < -0.3 is 25.6 Å². The molecule has 1 saturated heterocycles. The summed E-state index contributed by atoms with van der Waals surface area (Å²) in [4.78, 5) is 15.2. The summed E-state index contributed by atoms with van der Waals surface area (Å²) in [6.07, 6.45) is 7.95. The van der Waals surface area contributed by atoms with Gasteiger partial charge in [-0.3, -0.25) is 4.79 Å². The third-order valence-corrected chi connectivity index (χ3v) is 15.9. The zero-order valence-electron chi connectivity index (χ0n) is 31.6. The Labute approximate surface area is 288 Å². The quantitative estimate of drug-likeness (QED) is 0.249. The van der Waals surface area contributed by atoms with Gasteiger partial charge in [0, 0.05) is 23.4 Å². The number of carboxylic acids is 1. The van der Waals surface area contributed by atoms with Crippen molar-refractivity contribution in [1.29, 1.82) is 0 Å². The molecule has 12 atom stereocenters. The van der Waals surface area contributed by atoms with E-state index in [4.69, 9.17) is 20.3 Å². The van der Waals surface area contributed by atoms with E-state index in [1.54, 1.807) is 4.80 Å². The van der Waals surface area contributed by atoms with E-state index < -0.39 is 17.4 Å². The predicted octanol–water partition coefficient (Wildman–Crippen LogP) is 6.60. The first-order valence-corrected chi connectivity index (χ1v) is 18.7. The second-order valence-electron chi connectivity index (χ2n) is 18.7. The van der Waals surface area contributed by atoms with Gasteiger partial charge in [-0.05, 0) is 96.5 Å². The Morgan fingerprint density at radius 3 is 2.46 bits per heavy atom. The van der Waals surface area contributed by atoms with Crippen LogP contribution in [0.4, 0.5) is 5.95 Å². The number of tetrazole rings is 1. The van der Waals surface area contributed by atoms with Gasteiger partial charge in [0.2, 0.25) is 0 Å². The van der Waals surface area contributed by atoms with Crippen LogP contribution in [0.2, 0.25) is 0 Å². The average Bonchev–Trinajstić information content (AvgIpc) is 3.49. The number of allylic oxidation sites excluding steroid dienone is 1. The Balaban J connectivity index is 1.45. The predicted molar refractivity (Wildman–Crippen MR) is 187 cm³/mol. The first-order chi connectivity index (χ1) is 22.3. The van der Waals surface area contributed by atoms with Crippen LogP contribution < -0.4 is 11.1 Å². The summed E-state index contributed by atoms with van der Waals surface area (Å²) in [5.41, 5.74) is 6.52. The van der Waals surface area contributed by atoms with E-state index in [1.165, 1.54) is 5.57 Å². The molecule has 1 aromatic heterocycles. The van der Waals surface area contributed by atoms with Crippen LogP contribution >= 0.6 is 0 Å². The van der Waals surface area contributed by atoms with E-state index in [0.29, 0.717) is 49.4 Å². The van der Waals surface area contributed by atoms with Crippen LogP contribution in [0, 0.1) is 62.6 Å². The number of nitrogens with two attached hydrogens (primary N) is 1. The minimum absolute atomic E-state index is 0.143. The van der Waals surface area contributed by atoms with Gasteiger partial charge in [0.25, 0.3) is 5.95 Å². The molecule has 270 valence electrons. The van der Waals surface area contributed by atoms with Gasteiger partial charge in [-0.2, -0.15) is 4.80 Å². The molecular formula is C38H64N6O4. The molecule has 4 fully saturated rings. The smallest absolute Gasteiger partial charge is 0.307 e. The SMILES string of the molecule is CNc1nnn([C@@H]2C[C@@]34COCC(C)([C@H]2OCC(C)(N)C(C)C)[C@@H]3CC[C@H]2C4=CC[C@@]3(C)C(C(=O)O)[C@@](C)([C@H](C)C(C)C)CC[C@]23C)n1. The third kappa shape index (κ3) is 4.88. The van der Waals surface area contributed by atoms with E-state index in [0.717, 1.165) is 38.5 Å². The first kappa shape index (κ1) is 35.8. The summed E-state index contributed by atoms with van der Waals surface area (Å²) in [5, 5.41) is 27.8. The van der Waals surface area contributed by atoms with Gasteiger partial charge in [0.15, 0.2) is 0 Å². The number of nitrogens with one attached hydrogen (secondary N) is 1. The van der Waals surface area contributed by atoms with Crippen LogP contribution in [-0.4, -0.2) is 69.8 Å². The van der Waals surface area contributed by atoms with Gasteiger partial charge in [0.05, 0.1) is 31.8 Å². The summed E-state index contributed by atoms with van der Waals surface area (Å²) in [5.74, 6) is 1.09. The Morgan fingerprint density at radius 2 is 1.85 bits per heavy atom. The van der Waals surface area contributed by atoms with Crippen molar-refractivity contribution in [2.24, 2.45) is 68.3 Å². The maximum Gasteiger partial charge on any atom is 0.307 e. The lowest BCUT2D eigenvalue weighted by atomic mass is 9.34. The lowest BCUT2D eigenvalue weighted by Crippen LogP contribution is -2.69. The fourth-order valence-corrected chi connectivity index (χ4v) is 12.0. The highest BCUT2D eigenvalue weighted by molar-refractivity contribution is 5.73. The Bertz CT molecular complexity index is 1430. The van der Waals surface area contributed by atoms with Crippen molar-refractivity contribution in [1.82, 2.24) is 20.2 Å². The molecule has 6 rings (SSSR count). The average molecular weight is 669 g/mol. The minimum atomic E-state index is -0.626. The third-order valence-electron chi connectivity index (χ3n) is 15.9. The van der Waals surface area contributed by atoms with Crippen LogP contribution in [0.15, 0.2) is 11.6 Å². The highest BCUT2D eigenvalue weighted by Crippen LogP contribution is 2.75. The van der Waals surface area contributed by atoms with Crippen molar-refractivity contribution in [3.8, 4) is 0 Å². The van der Waals surface area contributed by atoms with Gasteiger partial charge >= 0.3 is 5.97 Å². The Hall–Kier alpha value is -2.04. The molecule has 5 aliphatic rings. The largest absolute Gasteiger partial charge is 0.481 e. The number of hydrogen-bond donors (Lipinski definition) is 3. The molecule has 48 heavy (non-hydrogen) atoms. The van der Waals surface area contributed by atoms with Crippen LogP contribution in [0.25, 0.3) is 0 Å². The molecule has 2 bridgehead atoms. The van der Waals surface area contributed by atoms with Crippen molar-refractivity contribution in [2.75, 3.05) is 32.2 Å². The maximum atomic E-state index is 13.4. The molecule has 10 nitrogen and oxygen atoms in total. The number of aromatic nitrogens is 4. The van der Waals surface area contributed by atoms with Crippen molar-refractivity contribution in [3.63, 3.8) is 0 Å². The molecule has 10 heteroatoms. The molecule has 0 amide bonds. The minimum Gasteiger partial charge on any atom is -0.481 e. The van der Waals surface area contributed by atoms with Crippen molar-refractivity contribution in [3.05, 3.63) is 11.6 Å². The Morgan fingerprint density at radius 1 is 1.15 bits per heavy atom. The number of rotatable bonds is 9. The van der Waals surface area contributed by atoms with Crippen LogP contribution in [0.1, 0.15) is 114 Å². The van der Waals surface area contributed by atoms with Gasteiger partial charge in [0.1, 0.15) is 6.04 Å². The standard InChI is InChI=1S/C38H64N6O4/c1-22(2)24(5)33(6)16-17-35(8)25-12-13-28-34(7)19-47-21-38(28,26(25)14-15-36(35,9)29(33)31(45)46)18-27(44-42-32(40-11)41-43-44)30(34)48-20-37(10,39)23(3)4/h14,22-25,27-30H,12-13,15-21,39H2,1-11H3,(H,40,42)(H,45,46)/t24-,25+,27-,28+,29?,30+,33-,34?,35-,36+,37?,38+/m1/s1. The maximum absolute atomic E-state index is 13.4. The summed E-state index contributed by atoms with van der Waals surface area (Å²) in [7, 11) is 1.81. The summed E-state index contributed by atoms with van der Waals surface area (Å²) >= 11 is 0. The molecule has 1 aromatic rings.